The Morgan fingerprint density at radius 3 is 2.73 bits per heavy atom. The fourth-order valence-electron chi connectivity index (χ4n) is 4.81. The predicted octanol–water partition coefficient (Wildman–Crippen LogP) is 5.55. The van der Waals surface area contributed by atoms with Gasteiger partial charge in [0.15, 0.2) is 15.1 Å². The van der Waals surface area contributed by atoms with Crippen molar-refractivity contribution in [3.05, 3.63) is 125 Å². The largest absolute Gasteiger partial charge is 0.496 e. The molecule has 0 saturated carbocycles. The van der Waals surface area contributed by atoms with Gasteiger partial charge in [0.25, 0.3) is 5.56 Å². The molecule has 3 aromatic heterocycles. The highest BCUT2D eigenvalue weighted by atomic mass is 79.9. The quantitative estimate of drug-likeness (QED) is 0.154. The fraction of sp³-hybridized carbons (Fsp3) is 0.156. The lowest BCUT2D eigenvalue weighted by Gasteiger charge is -2.27. The van der Waals surface area contributed by atoms with E-state index >= 15 is 0 Å². The number of aromatic nitrogens is 3. The first kappa shape index (κ1) is 29.8. The Morgan fingerprint density at radius 2 is 1.98 bits per heavy atom. The van der Waals surface area contributed by atoms with E-state index in [4.69, 9.17) is 18.9 Å². The van der Waals surface area contributed by atoms with Crippen molar-refractivity contribution in [3.63, 3.8) is 0 Å². The maximum atomic E-state index is 14.2. The molecule has 0 fully saturated rings. The van der Waals surface area contributed by atoms with Crippen LogP contribution in [0.5, 0.6) is 5.75 Å². The summed E-state index contributed by atoms with van der Waals surface area (Å²) < 4.78 is 20.0. The smallest absolute Gasteiger partial charge is 0.338 e. The Labute approximate surface area is 268 Å². The number of benzene rings is 2. The van der Waals surface area contributed by atoms with Gasteiger partial charge in [-0.05, 0) is 62.0 Å². The lowest BCUT2D eigenvalue weighted by atomic mass is 9.92. The van der Waals surface area contributed by atoms with E-state index in [0.717, 1.165) is 15.7 Å². The molecule has 0 amide bonds. The van der Waals surface area contributed by atoms with Crippen LogP contribution in [0.25, 0.3) is 11.8 Å². The molecule has 44 heavy (non-hydrogen) atoms. The Bertz CT molecular complexity index is 2090. The molecule has 0 aliphatic carbocycles. The SMILES string of the molecule is CCOC(=O)C1=C(c2ccccc2)N=c2s/c(=C\c3ccc(Sc4nccc(C)n4)o3)c(=O)n2[C@@H]1c1cc(Br)ccc1OC. The van der Waals surface area contributed by atoms with Gasteiger partial charge in [-0.2, -0.15) is 0 Å². The molecule has 0 unspecified atom stereocenters. The summed E-state index contributed by atoms with van der Waals surface area (Å²) in [6.45, 7) is 3.79. The molecular formula is C32H25BrN4O5S2. The topological polar surface area (TPSA) is 109 Å². The number of nitrogens with zero attached hydrogens (tertiary/aromatic N) is 4. The third kappa shape index (κ3) is 5.92. The molecule has 1 aliphatic heterocycles. The molecule has 12 heteroatoms. The van der Waals surface area contributed by atoms with E-state index in [1.807, 2.05) is 55.5 Å². The van der Waals surface area contributed by atoms with Crippen molar-refractivity contribution in [3.8, 4) is 5.75 Å². The van der Waals surface area contributed by atoms with Crippen molar-refractivity contribution in [2.45, 2.75) is 30.1 Å². The second kappa shape index (κ2) is 12.8. The zero-order valence-electron chi connectivity index (χ0n) is 23.8. The van der Waals surface area contributed by atoms with Gasteiger partial charge in [-0.3, -0.25) is 9.36 Å². The molecular weight excluding hydrogens is 664 g/mol. The fourth-order valence-corrected chi connectivity index (χ4v) is 6.93. The van der Waals surface area contributed by atoms with Gasteiger partial charge in [0, 0.05) is 33.6 Å². The third-order valence-corrected chi connectivity index (χ3v) is 8.98. The molecule has 6 rings (SSSR count). The van der Waals surface area contributed by atoms with Crippen LogP contribution in [-0.4, -0.2) is 34.2 Å². The average molecular weight is 690 g/mol. The van der Waals surface area contributed by atoms with Crippen molar-refractivity contribution in [1.29, 1.82) is 0 Å². The minimum Gasteiger partial charge on any atom is -0.496 e. The standard InChI is InChI=1S/C32H25BrN4O5S2/c1-4-41-30(39)26-27(19-8-6-5-7-9-19)36-32-37(28(26)22-16-20(33)10-12-23(22)40-3)29(38)24(43-32)17-21-11-13-25(42-21)44-31-34-15-14-18(2)35-31/h5-17,28H,4H2,1-3H3/b24-17-/t28-/m1/s1. The van der Waals surface area contributed by atoms with E-state index in [2.05, 4.69) is 25.9 Å². The number of thiazole rings is 1. The van der Waals surface area contributed by atoms with Crippen LogP contribution in [0, 0.1) is 6.92 Å². The molecule has 222 valence electrons. The van der Waals surface area contributed by atoms with Crippen molar-refractivity contribution in [2.75, 3.05) is 13.7 Å². The minimum atomic E-state index is -0.878. The molecule has 4 heterocycles. The molecule has 2 aromatic carbocycles. The lowest BCUT2D eigenvalue weighted by Crippen LogP contribution is -2.40. The summed E-state index contributed by atoms with van der Waals surface area (Å²) in [6.07, 6.45) is 3.37. The van der Waals surface area contributed by atoms with Gasteiger partial charge in [0.1, 0.15) is 17.6 Å². The van der Waals surface area contributed by atoms with Gasteiger partial charge >= 0.3 is 5.97 Å². The molecule has 9 nitrogen and oxygen atoms in total. The first-order valence-electron chi connectivity index (χ1n) is 13.6. The minimum absolute atomic E-state index is 0.156. The number of carbonyl (C=O) groups is 1. The molecule has 0 radical (unpaired) electrons. The van der Waals surface area contributed by atoms with Crippen LogP contribution in [0.3, 0.4) is 0 Å². The number of ether oxygens (including phenoxy) is 2. The van der Waals surface area contributed by atoms with Crippen molar-refractivity contribution < 1.29 is 18.7 Å². The van der Waals surface area contributed by atoms with Crippen LogP contribution in [0.15, 0.2) is 107 Å². The number of carbonyl (C=O) groups excluding carboxylic acids is 1. The summed E-state index contributed by atoms with van der Waals surface area (Å²) in [5.74, 6) is 0.423. The number of esters is 1. The second-order valence-electron chi connectivity index (χ2n) is 9.56. The normalized spacial score (nSPS) is 14.7. The number of aryl methyl sites for hydroxylation is 1. The van der Waals surface area contributed by atoms with E-state index < -0.39 is 12.0 Å². The third-order valence-electron chi connectivity index (χ3n) is 6.70. The van der Waals surface area contributed by atoms with Gasteiger partial charge < -0.3 is 13.9 Å². The lowest BCUT2D eigenvalue weighted by molar-refractivity contribution is -0.138. The average Bonchev–Trinajstić information content (AvgIpc) is 3.59. The van der Waals surface area contributed by atoms with E-state index in [1.165, 1.54) is 27.7 Å². The van der Waals surface area contributed by atoms with Crippen LogP contribution in [0.1, 0.15) is 35.5 Å². The zero-order chi connectivity index (χ0) is 30.8. The van der Waals surface area contributed by atoms with E-state index in [-0.39, 0.29) is 17.7 Å². The van der Waals surface area contributed by atoms with E-state index in [1.54, 1.807) is 44.5 Å². The second-order valence-corrected chi connectivity index (χ2v) is 12.5. The Balaban J connectivity index is 1.55. The first-order chi connectivity index (χ1) is 21.4. The van der Waals surface area contributed by atoms with Gasteiger partial charge in [0.05, 0.1) is 29.5 Å². The Morgan fingerprint density at radius 1 is 1.16 bits per heavy atom. The summed E-state index contributed by atoms with van der Waals surface area (Å²) in [6, 6.07) is 19.4. The highest BCUT2D eigenvalue weighted by molar-refractivity contribution is 9.10. The highest BCUT2D eigenvalue weighted by Crippen LogP contribution is 2.40. The van der Waals surface area contributed by atoms with Gasteiger partial charge in [0.2, 0.25) is 0 Å². The van der Waals surface area contributed by atoms with Crippen LogP contribution in [-0.2, 0) is 9.53 Å². The van der Waals surface area contributed by atoms with E-state index in [0.29, 0.717) is 42.4 Å². The number of hydrogen-bond donors (Lipinski definition) is 0. The van der Waals surface area contributed by atoms with Crippen LogP contribution in [0.4, 0.5) is 0 Å². The summed E-state index contributed by atoms with van der Waals surface area (Å²) in [5.41, 5.74) is 2.52. The highest BCUT2D eigenvalue weighted by Gasteiger charge is 2.37. The van der Waals surface area contributed by atoms with Crippen molar-refractivity contribution in [1.82, 2.24) is 14.5 Å². The molecule has 0 spiro atoms. The molecule has 1 aliphatic rings. The van der Waals surface area contributed by atoms with Crippen molar-refractivity contribution in [2.24, 2.45) is 4.99 Å². The van der Waals surface area contributed by atoms with Crippen LogP contribution < -0.4 is 19.6 Å². The molecule has 1 atom stereocenters. The molecule has 0 N–H and O–H groups in total. The number of rotatable bonds is 8. The maximum Gasteiger partial charge on any atom is 0.338 e. The van der Waals surface area contributed by atoms with Crippen LogP contribution in [0.2, 0.25) is 0 Å². The first-order valence-corrected chi connectivity index (χ1v) is 16.0. The monoisotopic (exact) mass is 688 g/mol. The number of fused-ring (bicyclic) bond motifs is 1. The number of halogens is 1. The van der Waals surface area contributed by atoms with Gasteiger partial charge in [-0.25, -0.2) is 19.8 Å². The zero-order valence-corrected chi connectivity index (χ0v) is 27.0. The number of furan rings is 1. The molecule has 0 bridgehead atoms. The summed E-state index contributed by atoms with van der Waals surface area (Å²) in [4.78, 5) is 41.9. The molecule has 5 aromatic rings. The van der Waals surface area contributed by atoms with Crippen molar-refractivity contribution >= 4 is 56.8 Å². The Hall–Kier alpha value is -4.26. The van der Waals surface area contributed by atoms with E-state index in [9.17, 15) is 9.59 Å². The maximum absolute atomic E-state index is 14.2. The number of hydrogen-bond acceptors (Lipinski definition) is 10. The molecule has 0 saturated heterocycles. The number of methoxy groups -OCH3 is 1. The summed E-state index contributed by atoms with van der Waals surface area (Å²) >= 11 is 6.05. The van der Waals surface area contributed by atoms with Gasteiger partial charge in [-0.15, -0.1) is 0 Å². The summed E-state index contributed by atoms with van der Waals surface area (Å²) in [5, 5.41) is 1.15. The van der Waals surface area contributed by atoms with Crippen LogP contribution >= 0.6 is 39.0 Å². The summed E-state index contributed by atoms with van der Waals surface area (Å²) in [7, 11) is 1.55. The Kier molecular flexibility index (Phi) is 8.65. The van der Waals surface area contributed by atoms with Gasteiger partial charge in [-0.1, -0.05) is 57.6 Å². The predicted molar refractivity (Wildman–Crippen MR) is 171 cm³/mol.